The monoisotopic (exact) mass is 255 g/mol. The molecule has 6 heteroatoms. The fourth-order valence-electron chi connectivity index (χ4n) is 1.53. The van der Waals surface area contributed by atoms with Gasteiger partial charge < -0.3 is 15.6 Å². The summed E-state index contributed by atoms with van der Waals surface area (Å²) < 4.78 is 0. The van der Waals surface area contributed by atoms with Gasteiger partial charge in [0.1, 0.15) is 5.82 Å². The summed E-state index contributed by atoms with van der Waals surface area (Å²) in [4.78, 5) is 18.6. The topological polar surface area (TPSA) is 93.6 Å². The number of amides is 2. The number of nitrogens with one attached hydrogen (secondary N) is 3. The maximum absolute atomic E-state index is 11.6. The zero-order chi connectivity index (χ0) is 13.5. The number of nitriles is 1. The molecule has 0 spiro atoms. The fourth-order valence-corrected chi connectivity index (χ4v) is 1.53. The van der Waals surface area contributed by atoms with Crippen molar-refractivity contribution in [3.63, 3.8) is 0 Å². The minimum atomic E-state index is -0.281. The summed E-state index contributed by atoms with van der Waals surface area (Å²) >= 11 is 0. The first kappa shape index (κ1) is 12.6. The van der Waals surface area contributed by atoms with Crippen LogP contribution in [0, 0.1) is 11.3 Å². The van der Waals surface area contributed by atoms with E-state index in [1.165, 1.54) is 0 Å². The molecule has 0 fully saturated rings. The van der Waals surface area contributed by atoms with Crippen LogP contribution in [-0.4, -0.2) is 22.5 Å². The number of hydrogen-bond donors (Lipinski definition) is 3. The standard InChI is InChI=1S/C13H13N5O/c14-9-10-1-3-11(4-2-10)18-13(19)17-6-5-12-15-7-8-16-12/h1-4,7-8H,5-6H2,(H,15,16)(H2,17,18,19). The third-order valence-electron chi connectivity index (χ3n) is 2.47. The van der Waals surface area contributed by atoms with Gasteiger partial charge in [-0.2, -0.15) is 5.26 Å². The molecule has 0 aliphatic heterocycles. The summed E-state index contributed by atoms with van der Waals surface area (Å²) in [6.45, 7) is 0.496. The first-order valence-electron chi connectivity index (χ1n) is 5.81. The van der Waals surface area contributed by atoms with Crippen molar-refractivity contribution in [3.8, 4) is 6.07 Å². The van der Waals surface area contributed by atoms with Crippen LogP contribution in [0.1, 0.15) is 11.4 Å². The predicted octanol–water partition coefficient (Wildman–Crippen LogP) is 1.65. The van der Waals surface area contributed by atoms with Gasteiger partial charge in [-0.3, -0.25) is 0 Å². The maximum atomic E-state index is 11.6. The number of carbonyl (C=O) groups is 1. The Morgan fingerprint density at radius 2 is 2.16 bits per heavy atom. The molecule has 0 bridgehead atoms. The molecule has 0 unspecified atom stereocenters. The van der Waals surface area contributed by atoms with Crippen molar-refractivity contribution in [1.29, 1.82) is 5.26 Å². The molecule has 6 nitrogen and oxygen atoms in total. The molecule has 0 aliphatic rings. The second-order valence-electron chi connectivity index (χ2n) is 3.86. The molecule has 1 aromatic heterocycles. The number of aromatic amines is 1. The number of anilines is 1. The second-order valence-corrected chi connectivity index (χ2v) is 3.86. The third kappa shape index (κ3) is 3.85. The second kappa shape index (κ2) is 6.21. The number of imidazole rings is 1. The molecule has 0 saturated heterocycles. The van der Waals surface area contributed by atoms with Gasteiger partial charge in [0.05, 0.1) is 11.6 Å². The maximum Gasteiger partial charge on any atom is 0.319 e. The lowest BCUT2D eigenvalue weighted by atomic mass is 10.2. The summed E-state index contributed by atoms with van der Waals surface area (Å²) in [6.07, 6.45) is 4.06. The Labute approximate surface area is 110 Å². The van der Waals surface area contributed by atoms with E-state index in [0.29, 0.717) is 24.2 Å². The lowest BCUT2D eigenvalue weighted by Crippen LogP contribution is -2.30. The molecule has 19 heavy (non-hydrogen) atoms. The van der Waals surface area contributed by atoms with Crippen molar-refractivity contribution in [2.75, 3.05) is 11.9 Å². The SMILES string of the molecule is N#Cc1ccc(NC(=O)NCCc2ncc[nH]2)cc1. The van der Waals surface area contributed by atoms with Gasteiger partial charge in [0, 0.05) is 31.0 Å². The summed E-state index contributed by atoms with van der Waals surface area (Å²) in [5.41, 5.74) is 1.21. The Morgan fingerprint density at radius 1 is 1.37 bits per heavy atom. The number of urea groups is 1. The molecule has 1 aromatic carbocycles. The van der Waals surface area contributed by atoms with Crippen LogP contribution >= 0.6 is 0 Å². The number of benzene rings is 1. The van der Waals surface area contributed by atoms with E-state index in [4.69, 9.17) is 5.26 Å². The van der Waals surface area contributed by atoms with Crippen molar-refractivity contribution >= 4 is 11.7 Å². The van der Waals surface area contributed by atoms with E-state index in [2.05, 4.69) is 20.6 Å². The first-order chi connectivity index (χ1) is 9.28. The molecular formula is C13H13N5O. The first-order valence-corrected chi connectivity index (χ1v) is 5.81. The van der Waals surface area contributed by atoms with Gasteiger partial charge in [-0.15, -0.1) is 0 Å². The number of aromatic nitrogens is 2. The third-order valence-corrected chi connectivity index (χ3v) is 2.47. The van der Waals surface area contributed by atoms with Gasteiger partial charge in [-0.1, -0.05) is 0 Å². The van der Waals surface area contributed by atoms with Gasteiger partial charge in [0.2, 0.25) is 0 Å². The van der Waals surface area contributed by atoms with Gasteiger partial charge >= 0.3 is 6.03 Å². The molecule has 2 rings (SSSR count). The van der Waals surface area contributed by atoms with Crippen LogP contribution in [0.5, 0.6) is 0 Å². The van der Waals surface area contributed by atoms with Crippen molar-refractivity contribution in [3.05, 3.63) is 48.0 Å². The van der Waals surface area contributed by atoms with E-state index in [-0.39, 0.29) is 6.03 Å². The van der Waals surface area contributed by atoms with E-state index in [9.17, 15) is 4.79 Å². The molecule has 2 amide bonds. The van der Waals surface area contributed by atoms with E-state index in [1.54, 1.807) is 36.7 Å². The van der Waals surface area contributed by atoms with E-state index in [1.807, 2.05) is 6.07 Å². The Balaban J connectivity index is 1.76. The Kier molecular flexibility index (Phi) is 4.13. The van der Waals surface area contributed by atoms with Crippen LogP contribution in [0.4, 0.5) is 10.5 Å². The van der Waals surface area contributed by atoms with Gasteiger partial charge in [0.15, 0.2) is 0 Å². The quantitative estimate of drug-likeness (QED) is 0.775. The number of carbonyl (C=O) groups excluding carboxylic acids is 1. The van der Waals surface area contributed by atoms with Crippen molar-refractivity contribution in [2.45, 2.75) is 6.42 Å². The van der Waals surface area contributed by atoms with E-state index in [0.717, 1.165) is 5.82 Å². The molecule has 0 saturated carbocycles. The molecule has 0 atom stereocenters. The molecule has 2 aromatic rings. The number of nitrogens with zero attached hydrogens (tertiary/aromatic N) is 2. The molecular weight excluding hydrogens is 242 g/mol. The molecule has 0 radical (unpaired) electrons. The van der Waals surface area contributed by atoms with Crippen molar-refractivity contribution in [1.82, 2.24) is 15.3 Å². The highest BCUT2D eigenvalue weighted by atomic mass is 16.2. The summed E-state index contributed by atoms with van der Waals surface area (Å²) in [5, 5.41) is 14.1. The van der Waals surface area contributed by atoms with Crippen LogP contribution in [0.3, 0.4) is 0 Å². The zero-order valence-corrected chi connectivity index (χ0v) is 10.2. The number of hydrogen-bond acceptors (Lipinski definition) is 3. The summed E-state index contributed by atoms with van der Waals surface area (Å²) in [6, 6.07) is 8.41. The highest BCUT2D eigenvalue weighted by Gasteiger charge is 2.02. The van der Waals surface area contributed by atoms with Crippen LogP contribution in [0.2, 0.25) is 0 Å². The Morgan fingerprint density at radius 3 is 2.79 bits per heavy atom. The summed E-state index contributed by atoms with van der Waals surface area (Å²) in [5.74, 6) is 0.832. The van der Waals surface area contributed by atoms with Crippen LogP contribution in [-0.2, 0) is 6.42 Å². The normalized spacial score (nSPS) is 9.63. The van der Waals surface area contributed by atoms with E-state index < -0.39 is 0 Å². The van der Waals surface area contributed by atoms with Crippen LogP contribution < -0.4 is 10.6 Å². The smallest absolute Gasteiger partial charge is 0.319 e. The van der Waals surface area contributed by atoms with Crippen molar-refractivity contribution < 1.29 is 4.79 Å². The Hall–Kier alpha value is -2.81. The number of rotatable bonds is 4. The lowest BCUT2D eigenvalue weighted by molar-refractivity contribution is 0.252. The van der Waals surface area contributed by atoms with Crippen molar-refractivity contribution in [2.24, 2.45) is 0 Å². The molecule has 3 N–H and O–H groups in total. The Bertz CT molecular complexity index is 568. The minimum absolute atomic E-state index is 0.281. The minimum Gasteiger partial charge on any atom is -0.349 e. The molecule has 96 valence electrons. The molecule has 1 heterocycles. The van der Waals surface area contributed by atoms with Crippen LogP contribution in [0.15, 0.2) is 36.7 Å². The van der Waals surface area contributed by atoms with Crippen LogP contribution in [0.25, 0.3) is 0 Å². The van der Waals surface area contributed by atoms with Gasteiger partial charge in [-0.05, 0) is 24.3 Å². The highest BCUT2D eigenvalue weighted by molar-refractivity contribution is 5.89. The average Bonchev–Trinajstić information content (AvgIpc) is 2.93. The average molecular weight is 255 g/mol. The zero-order valence-electron chi connectivity index (χ0n) is 10.2. The fraction of sp³-hybridized carbons (Fsp3) is 0.154. The number of H-pyrrole nitrogens is 1. The van der Waals surface area contributed by atoms with Gasteiger partial charge in [-0.25, -0.2) is 9.78 Å². The van der Waals surface area contributed by atoms with E-state index >= 15 is 0 Å². The largest absolute Gasteiger partial charge is 0.349 e. The predicted molar refractivity (Wildman–Crippen MR) is 70.5 cm³/mol. The van der Waals surface area contributed by atoms with Gasteiger partial charge in [0.25, 0.3) is 0 Å². The highest BCUT2D eigenvalue weighted by Crippen LogP contribution is 2.08. The lowest BCUT2D eigenvalue weighted by Gasteiger charge is -2.06. The summed E-state index contributed by atoms with van der Waals surface area (Å²) in [7, 11) is 0. The molecule has 0 aliphatic carbocycles.